The van der Waals surface area contributed by atoms with Crippen molar-refractivity contribution in [1.29, 1.82) is 0 Å². The van der Waals surface area contributed by atoms with Crippen LogP contribution in [0.25, 0.3) is 22.3 Å². The number of likely N-dealkylation sites (N-methyl/N-ethyl adjacent to an activating group) is 1. The predicted molar refractivity (Wildman–Crippen MR) is 109 cm³/mol. The number of H-pyrrole nitrogens is 1. The smallest absolute Gasteiger partial charge is 0.245 e. The second-order valence-electron chi connectivity index (χ2n) is 6.52. The molecular formula is C21H25N5O. The second kappa shape index (κ2) is 8.49. The van der Waals surface area contributed by atoms with E-state index in [9.17, 15) is 4.79 Å². The molecular weight excluding hydrogens is 338 g/mol. The van der Waals surface area contributed by atoms with Crippen molar-refractivity contribution in [3.8, 4) is 11.1 Å². The van der Waals surface area contributed by atoms with Gasteiger partial charge in [-0.05, 0) is 24.5 Å². The molecule has 0 saturated carbocycles. The lowest BCUT2D eigenvalue weighted by Crippen LogP contribution is -2.30. The number of aromatic amines is 1. The minimum Gasteiger partial charge on any atom is -0.366 e. The third-order valence-corrected chi connectivity index (χ3v) is 4.67. The maximum atomic E-state index is 11.6. The highest BCUT2D eigenvalue weighted by Crippen LogP contribution is 2.27. The molecule has 27 heavy (non-hydrogen) atoms. The first-order valence-electron chi connectivity index (χ1n) is 9.16. The number of carbonyl (C=O) groups is 1. The molecule has 0 spiro atoms. The van der Waals surface area contributed by atoms with E-state index in [0.29, 0.717) is 6.54 Å². The van der Waals surface area contributed by atoms with Crippen LogP contribution in [0.4, 0.5) is 5.82 Å². The second-order valence-corrected chi connectivity index (χ2v) is 6.52. The van der Waals surface area contributed by atoms with E-state index >= 15 is 0 Å². The summed E-state index contributed by atoms with van der Waals surface area (Å²) in [4.78, 5) is 25.7. The Balaban J connectivity index is 1.76. The fourth-order valence-corrected chi connectivity index (χ4v) is 3.00. The Kier molecular flexibility index (Phi) is 5.86. The molecule has 1 aromatic carbocycles. The highest BCUT2D eigenvalue weighted by Gasteiger charge is 2.13. The fourth-order valence-electron chi connectivity index (χ4n) is 3.00. The number of hydrogen-bond acceptors (Lipinski definition) is 4. The van der Waals surface area contributed by atoms with Gasteiger partial charge in [-0.1, -0.05) is 43.8 Å². The Labute approximate surface area is 159 Å². The van der Waals surface area contributed by atoms with E-state index in [1.165, 1.54) is 6.08 Å². The molecule has 2 N–H and O–H groups in total. The number of nitrogens with one attached hydrogen (secondary N) is 2. The zero-order valence-corrected chi connectivity index (χ0v) is 15.8. The summed E-state index contributed by atoms with van der Waals surface area (Å²) in [5, 5.41) is 3.45. The standard InChI is InChI=1S/C21H25N5O/c1-4-16(11-12-26(3)19(27)5-2)24-18-14-23-21-20(25-18)17(13-22-21)15-9-7-6-8-10-15/h5-10,13-14,16H,2,4,11-12H2,1,3H3,(H,22,23)(H,24,25). The Bertz CT molecular complexity index is 919. The van der Waals surface area contributed by atoms with Gasteiger partial charge in [-0.3, -0.25) is 4.79 Å². The zero-order valence-electron chi connectivity index (χ0n) is 15.8. The number of carbonyl (C=O) groups excluding carboxylic acids is 1. The van der Waals surface area contributed by atoms with Gasteiger partial charge in [0, 0.05) is 31.4 Å². The lowest BCUT2D eigenvalue weighted by Gasteiger charge is -2.21. The first-order valence-corrected chi connectivity index (χ1v) is 9.16. The molecule has 0 fully saturated rings. The summed E-state index contributed by atoms with van der Waals surface area (Å²) >= 11 is 0. The summed E-state index contributed by atoms with van der Waals surface area (Å²) in [5.74, 6) is 0.676. The van der Waals surface area contributed by atoms with Gasteiger partial charge in [-0.25, -0.2) is 9.97 Å². The van der Waals surface area contributed by atoms with Crippen molar-refractivity contribution >= 4 is 22.9 Å². The number of anilines is 1. The van der Waals surface area contributed by atoms with Gasteiger partial charge >= 0.3 is 0 Å². The van der Waals surface area contributed by atoms with E-state index in [4.69, 9.17) is 4.98 Å². The molecule has 6 heteroatoms. The average Bonchev–Trinajstić information content (AvgIpc) is 3.14. The molecule has 0 saturated heterocycles. The van der Waals surface area contributed by atoms with Crippen LogP contribution in [0, 0.1) is 0 Å². The van der Waals surface area contributed by atoms with Crippen LogP contribution in [-0.4, -0.2) is 45.4 Å². The maximum Gasteiger partial charge on any atom is 0.245 e. The van der Waals surface area contributed by atoms with E-state index in [2.05, 4.69) is 40.9 Å². The average molecular weight is 363 g/mol. The van der Waals surface area contributed by atoms with Gasteiger partial charge in [-0.2, -0.15) is 0 Å². The van der Waals surface area contributed by atoms with Crippen molar-refractivity contribution in [3.05, 3.63) is 55.4 Å². The normalized spacial score (nSPS) is 11.9. The third kappa shape index (κ3) is 4.34. The van der Waals surface area contributed by atoms with Crippen molar-refractivity contribution in [2.45, 2.75) is 25.8 Å². The topological polar surface area (TPSA) is 73.9 Å². The molecule has 1 unspecified atom stereocenters. The van der Waals surface area contributed by atoms with E-state index in [-0.39, 0.29) is 11.9 Å². The Morgan fingerprint density at radius 1 is 1.37 bits per heavy atom. The van der Waals surface area contributed by atoms with E-state index in [1.807, 2.05) is 24.4 Å². The number of aromatic nitrogens is 3. The molecule has 3 rings (SSSR count). The molecule has 0 aliphatic rings. The highest BCUT2D eigenvalue weighted by molar-refractivity contribution is 5.91. The minimum atomic E-state index is -0.0640. The zero-order chi connectivity index (χ0) is 19.2. The van der Waals surface area contributed by atoms with Gasteiger partial charge in [0.05, 0.1) is 6.20 Å². The number of nitrogens with zero attached hydrogens (tertiary/aromatic N) is 3. The molecule has 0 aliphatic heterocycles. The predicted octanol–water partition coefficient (Wildman–Crippen LogP) is 3.85. The van der Waals surface area contributed by atoms with Gasteiger partial charge in [-0.15, -0.1) is 0 Å². The maximum absolute atomic E-state index is 11.6. The summed E-state index contributed by atoms with van der Waals surface area (Å²) < 4.78 is 0. The monoisotopic (exact) mass is 363 g/mol. The number of amides is 1. The van der Waals surface area contributed by atoms with Gasteiger partial charge < -0.3 is 15.2 Å². The third-order valence-electron chi connectivity index (χ3n) is 4.67. The lowest BCUT2D eigenvalue weighted by molar-refractivity contribution is -0.124. The first-order chi connectivity index (χ1) is 13.1. The van der Waals surface area contributed by atoms with Gasteiger partial charge in [0.2, 0.25) is 5.91 Å². The summed E-state index contributed by atoms with van der Waals surface area (Å²) in [6.07, 6.45) is 6.77. The lowest BCUT2D eigenvalue weighted by atomic mass is 10.1. The van der Waals surface area contributed by atoms with Gasteiger partial charge in [0.25, 0.3) is 0 Å². The highest BCUT2D eigenvalue weighted by atomic mass is 16.2. The molecule has 0 bridgehead atoms. The molecule has 1 amide bonds. The Morgan fingerprint density at radius 2 is 2.15 bits per heavy atom. The molecule has 2 aromatic heterocycles. The molecule has 3 aromatic rings. The summed E-state index contributed by atoms with van der Waals surface area (Å²) in [5.41, 5.74) is 3.75. The number of rotatable bonds is 8. The molecule has 0 aliphatic carbocycles. The van der Waals surface area contributed by atoms with Crippen LogP contribution in [0.15, 0.2) is 55.4 Å². The molecule has 140 valence electrons. The van der Waals surface area contributed by atoms with Crippen molar-refractivity contribution in [3.63, 3.8) is 0 Å². The minimum absolute atomic E-state index is 0.0640. The molecule has 0 radical (unpaired) electrons. The van der Waals surface area contributed by atoms with E-state index in [0.717, 1.165) is 41.0 Å². The first kappa shape index (κ1) is 18.6. The van der Waals surface area contributed by atoms with Crippen LogP contribution in [0.3, 0.4) is 0 Å². The van der Waals surface area contributed by atoms with Gasteiger partial charge in [0.15, 0.2) is 5.65 Å². The van der Waals surface area contributed by atoms with E-state index in [1.54, 1.807) is 18.1 Å². The largest absolute Gasteiger partial charge is 0.366 e. The Hall–Kier alpha value is -3.15. The van der Waals surface area contributed by atoms with Crippen molar-refractivity contribution in [2.24, 2.45) is 0 Å². The number of benzene rings is 1. The number of fused-ring (bicyclic) bond motifs is 1. The molecule has 1 atom stereocenters. The van der Waals surface area contributed by atoms with Crippen LogP contribution in [0.2, 0.25) is 0 Å². The number of hydrogen-bond donors (Lipinski definition) is 2. The van der Waals surface area contributed by atoms with Crippen LogP contribution in [0.5, 0.6) is 0 Å². The Morgan fingerprint density at radius 3 is 2.85 bits per heavy atom. The van der Waals surface area contributed by atoms with Crippen molar-refractivity contribution in [2.75, 3.05) is 18.9 Å². The van der Waals surface area contributed by atoms with Gasteiger partial charge in [0.1, 0.15) is 11.3 Å². The fraction of sp³-hybridized carbons (Fsp3) is 0.286. The van der Waals surface area contributed by atoms with Crippen LogP contribution in [-0.2, 0) is 4.79 Å². The van der Waals surface area contributed by atoms with E-state index < -0.39 is 0 Å². The quantitative estimate of drug-likeness (QED) is 0.596. The van der Waals surface area contributed by atoms with Crippen molar-refractivity contribution in [1.82, 2.24) is 19.9 Å². The van der Waals surface area contributed by atoms with Crippen LogP contribution in [0.1, 0.15) is 19.8 Å². The summed E-state index contributed by atoms with van der Waals surface area (Å²) in [6, 6.07) is 10.3. The SMILES string of the molecule is C=CC(=O)N(C)CCC(CC)Nc1cnc2[nH]cc(-c3ccccc3)c2n1. The van der Waals surface area contributed by atoms with Crippen LogP contribution >= 0.6 is 0 Å². The summed E-state index contributed by atoms with van der Waals surface area (Å²) in [6.45, 7) is 6.30. The molecule has 6 nitrogen and oxygen atoms in total. The van der Waals surface area contributed by atoms with Crippen LogP contribution < -0.4 is 5.32 Å². The summed E-state index contributed by atoms with van der Waals surface area (Å²) in [7, 11) is 1.79. The van der Waals surface area contributed by atoms with Crippen molar-refractivity contribution < 1.29 is 4.79 Å². The molecule has 2 heterocycles.